The van der Waals surface area contributed by atoms with E-state index in [1.54, 1.807) is 11.0 Å². The van der Waals surface area contributed by atoms with Gasteiger partial charge in [0.1, 0.15) is 5.82 Å². The minimum absolute atomic E-state index is 0.0196. The van der Waals surface area contributed by atoms with Gasteiger partial charge in [0.15, 0.2) is 9.84 Å². The van der Waals surface area contributed by atoms with Crippen molar-refractivity contribution in [3.63, 3.8) is 0 Å². The second-order valence-corrected chi connectivity index (χ2v) is 9.21. The van der Waals surface area contributed by atoms with Crippen LogP contribution < -0.4 is 10.2 Å². The first-order chi connectivity index (χ1) is 12.2. The van der Waals surface area contributed by atoms with Gasteiger partial charge in [-0.3, -0.25) is 14.5 Å². The van der Waals surface area contributed by atoms with Gasteiger partial charge >= 0.3 is 0 Å². The molecule has 142 valence electrons. The summed E-state index contributed by atoms with van der Waals surface area (Å²) >= 11 is 5.65. The summed E-state index contributed by atoms with van der Waals surface area (Å²) < 4.78 is 36.4. The lowest BCUT2D eigenvalue weighted by atomic mass is 10.2. The number of carbonyl (C=O) groups excluding carboxylic acids is 2. The molecule has 0 bridgehead atoms. The van der Waals surface area contributed by atoms with E-state index in [0.717, 1.165) is 0 Å². The summed E-state index contributed by atoms with van der Waals surface area (Å²) in [6.45, 7) is 1.00. The van der Waals surface area contributed by atoms with E-state index in [4.69, 9.17) is 11.6 Å². The van der Waals surface area contributed by atoms with Crippen molar-refractivity contribution < 1.29 is 22.4 Å². The van der Waals surface area contributed by atoms with Gasteiger partial charge < -0.3 is 10.2 Å². The number of hydrogen-bond acceptors (Lipinski definition) is 5. The number of benzene rings is 1. The van der Waals surface area contributed by atoms with Gasteiger partial charge in [-0.15, -0.1) is 0 Å². The lowest BCUT2D eigenvalue weighted by molar-refractivity contribution is -0.122. The zero-order valence-corrected chi connectivity index (χ0v) is 15.5. The number of carbonyl (C=O) groups is 2. The molecule has 2 fully saturated rings. The summed E-state index contributed by atoms with van der Waals surface area (Å²) in [5.41, 5.74) is 0.398. The molecule has 26 heavy (non-hydrogen) atoms. The molecule has 1 N–H and O–H groups in total. The summed E-state index contributed by atoms with van der Waals surface area (Å²) in [7, 11) is -2.99. The zero-order chi connectivity index (χ0) is 18.9. The number of sulfone groups is 1. The number of amides is 2. The van der Waals surface area contributed by atoms with Crippen molar-refractivity contribution in [1.82, 2.24) is 10.2 Å². The largest absolute Gasteiger partial charge is 0.350 e. The van der Waals surface area contributed by atoms with Gasteiger partial charge in [-0.2, -0.15) is 0 Å². The molecule has 2 saturated heterocycles. The molecule has 1 atom stereocenters. The van der Waals surface area contributed by atoms with Gasteiger partial charge in [0.05, 0.1) is 29.1 Å². The Morgan fingerprint density at radius 1 is 1.31 bits per heavy atom. The molecule has 0 aromatic heterocycles. The van der Waals surface area contributed by atoms with E-state index in [1.807, 2.05) is 0 Å². The highest BCUT2D eigenvalue weighted by Gasteiger charge is 2.32. The number of nitrogens with one attached hydrogen (secondary N) is 1. The van der Waals surface area contributed by atoms with E-state index in [-0.39, 0.29) is 53.9 Å². The van der Waals surface area contributed by atoms with Crippen molar-refractivity contribution >= 4 is 38.9 Å². The third-order valence-electron chi connectivity index (χ3n) is 4.51. The Morgan fingerprint density at radius 3 is 2.65 bits per heavy atom. The van der Waals surface area contributed by atoms with Crippen molar-refractivity contribution in [2.24, 2.45) is 0 Å². The van der Waals surface area contributed by atoms with Crippen LogP contribution in [0.1, 0.15) is 6.42 Å². The first kappa shape index (κ1) is 19.1. The highest BCUT2D eigenvalue weighted by Crippen LogP contribution is 2.25. The van der Waals surface area contributed by atoms with Crippen molar-refractivity contribution in [2.75, 3.05) is 42.6 Å². The van der Waals surface area contributed by atoms with Crippen LogP contribution in [0.2, 0.25) is 5.02 Å². The number of hydrogen-bond donors (Lipinski definition) is 1. The van der Waals surface area contributed by atoms with Crippen LogP contribution in [-0.4, -0.2) is 68.9 Å². The van der Waals surface area contributed by atoms with E-state index in [0.29, 0.717) is 18.8 Å². The smallest absolute Gasteiger partial charge is 0.234 e. The van der Waals surface area contributed by atoms with E-state index in [2.05, 4.69) is 5.32 Å². The minimum atomic E-state index is -2.99. The van der Waals surface area contributed by atoms with Crippen LogP contribution in [0, 0.1) is 5.82 Å². The highest BCUT2D eigenvalue weighted by molar-refractivity contribution is 7.91. The van der Waals surface area contributed by atoms with Crippen molar-refractivity contribution in [1.29, 1.82) is 0 Å². The van der Waals surface area contributed by atoms with Crippen LogP contribution in [-0.2, 0) is 19.4 Å². The molecular formula is C16H19ClFN3O4S. The first-order valence-corrected chi connectivity index (χ1v) is 10.4. The van der Waals surface area contributed by atoms with Gasteiger partial charge in [0.25, 0.3) is 0 Å². The fraction of sp³-hybridized carbons (Fsp3) is 0.500. The van der Waals surface area contributed by atoms with Gasteiger partial charge in [-0.1, -0.05) is 11.6 Å². The molecular weight excluding hydrogens is 385 g/mol. The van der Waals surface area contributed by atoms with Crippen LogP contribution in [0.3, 0.4) is 0 Å². The van der Waals surface area contributed by atoms with Crippen molar-refractivity contribution in [3.8, 4) is 0 Å². The van der Waals surface area contributed by atoms with Crippen LogP contribution in [0.5, 0.6) is 0 Å². The van der Waals surface area contributed by atoms with E-state index < -0.39 is 15.7 Å². The molecule has 1 aromatic carbocycles. The second kappa shape index (κ2) is 7.50. The monoisotopic (exact) mass is 403 g/mol. The van der Waals surface area contributed by atoms with Crippen molar-refractivity contribution in [2.45, 2.75) is 12.5 Å². The SMILES string of the molecule is O=C(CN1CCS(=O)(=O)CC1)NC1CC(=O)N(c2ccc(Cl)c(F)c2)C1. The van der Waals surface area contributed by atoms with Gasteiger partial charge in [-0.05, 0) is 18.2 Å². The molecule has 0 spiro atoms. The molecule has 0 radical (unpaired) electrons. The average Bonchev–Trinajstić information content (AvgIpc) is 2.92. The molecule has 3 rings (SSSR count). The summed E-state index contributed by atoms with van der Waals surface area (Å²) in [4.78, 5) is 27.5. The Labute approximate surface area is 156 Å². The highest BCUT2D eigenvalue weighted by atomic mass is 35.5. The molecule has 2 heterocycles. The summed E-state index contributed by atoms with van der Waals surface area (Å²) in [6.07, 6.45) is 0.129. The third-order valence-corrected chi connectivity index (χ3v) is 6.42. The average molecular weight is 404 g/mol. The first-order valence-electron chi connectivity index (χ1n) is 8.21. The predicted octanol–water partition coefficient (Wildman–Crippen LogP) is 0.431. The molecule has 10 heteroatoms. The fourth-order valence-electron chi connectivity index (χ4n) is 3.09. The lowest BCUT2D eigenvalue weighted by Gasteiger charge is -2.26. The molecule has 0 saturated carbocycles. The van der Waals surface area contributed by atoms with Crippen molar-refractivity contribution in [3.05, 3.63) is 29.0 Å². The summed E-state index contributed by atoms with van der Waals surface area (Å²) in [5.74, 6) is -0.965. The minimum Gasteiger partial charge on any atom is -0.350 e. The Hall–Kier alpha value is -1.71. The van der Waals surface area contributed by atoms with Crippen LogP contribution >= 0.6 is 11.6 Å². The predicted molar refractivity (Wildman–Crippen MR) is 95.4 cm³/mol. The van der Waals surface area contributed by atoms with Crippen LogP contribution in [0.25, 0.3) is 0 Å². The maximum Gasteiger partial charge on any atom is 0.234 e. The zero-order valence-electron chi connectivity index (χ0n) is 14.0. The number of anilines is 1. The van der Waals surface area contributed by atoms with Crippen LogP contribution in [0.15, 0.2) is 18.2 Å². The molecule has 1 unspecified atom stereocenters. The number of halogens is 2. The van der Waals surface area contributed by atoms with Gasteiger partial charge in [0.2, 0.25) is 11.8 Å². The molecule has 1 aromatic rings. The Morgan fingerprint density at radius 2 is 2.00 bits per heavy atom. The van der Waals surface area contributed by atoms with Gasteiger partial charge in [-0.25, -0.2) is 12.8 Å². The molecule has 2 amide bonds. The third kappa shape index (κ3) is 4.52. The number of nitrogens with zero attached hydrogens (tertiary/aromatic N) is 2. The van der Waals surface area contributed by atoms with E-state index >= 15 is 0 Å². The lowest BCUT2D eigenvalue weighted by Crippen LogP contribution is -2.47. The summed E-state index contributed by atoms with van der Waals surface area (Å²) in [5, 5.41) is 2.77. The molecule has 7 nitrogen and oxygen atoms in total. The Balaban J connectivity index is 1.54. The second-order valence-electron chi connectivity index (χ2n) is 6.50. The maximum atomic E-state index is 13.6. The topological polar surface area (TPSA) is 86.8 Å². The molecule has 0 aliphatic carbocycles. The Kier molecular flexibility index (Phi) is 5.50. The Bertz CT molecular complexity index is 819. The van der Waals surface area contributed by atoms with Gasteiger partial charge in [0, 0.05) is 31.7 Å². The molecule has 2 aliphatic rings. The van der Waals surface area contributed by atoms with E-state index in [9.17, 15) is 22.4 Å². The molecule has 2 aliphatic heterocycles. The quantitative estimate of drug-likeness (QED) is 0.788. The normalized spacial score (nSPS) is 23.2. The maximum absolute atomic E-state index is 13.6. The van der Waals surface area contributed by atoms with Crippen LogP contribution in [0.4, 0.5) is 10.1 Å². The number of rotatable bonds is 4. The fourth-order valence-corrected chi connectivity index (χ4v) is 4.49. The van der Waals surface area contributed by atoms with E-state index in [1.165, 1.54) is 17.0 Å². The standard InChI is InChI=1S/C16H19ClFN3O4S/c17-13-2-1-12(8-14(13)18)21-9-11(7-16(21)23)19-15(22)10-20-3-5-26(24,25)6-4-20/h1-2,8,11H,3-7,9-10H2,(H,19,22). The summed E-state index contributed by atoms with van der Waals surface area (Å²) in [6, 6.07) is 3.76.